The topological polar surface area (TPSA) is 40.5 Å². The van der Waals surface area contributed by atoms with Crippen LogP contribution >= 0.6 is 0 Å². The van der Waals surface area contributed by atoms with Crippen molar-refractivity contribution in [3.8, 4) is 11.8 Å². The highest BCUT2D eigenvalue weighted by Gasteiger charge is 2.67. The van der Waals surface area contributed by atoms with Gasteiger partial charge in [0.05, 0.1) is 5.54 Å². The molecule has 4 rings (SSSR count). The van der Waals surface area contributed by atoms with E-state index in [0.717, 1.165) is 49.8 Å². The molecule has 1 aliphatic carbocycles. The lowest BCUT2D eigenvalue weighted by molar-refractivity contribution is -0.136. The monoisotopic (exact) mass is 349 g/mol. The molecule has 2 aliphatic heterocycles. The van der Waals surface area contributed by atoms with Gasteiger partial charge < -0.3 is 10.0 Å². The highest BCUT2D eigenvalue weighted by molar-refractivity contribution is 5.82. The lowest BCUT2D eigenvalue weighted by atomic mass is 9.73. The van der Waals surface area contributed by atoms with Crippen molar-refractivity contribution in [3.05, 3.63) is 41.5 Å². The number of benzene rings is 1. The fraction of sp³-hybridized carbons (Fsp3) is 0.522. The van der Waals surface area contributed by atoms with E-state index in [1.54, 1.807) is 0 Å². The number of hydrogen-bond acceptors (Lipinski definition) is 2. The van der Waals surface area contributed by atoms with Crippen LogP contribution in [-0.4, -0.2) is 33.6 Å². The SMILES string of the molecule is CCC#C[C@@]1(O)/C(=C/c2ccccc2)C[C@@H]2CCCCN3C(=O)CC[C@@]231. The summed E-state index contributed by atoms with van der Waals surface area (Å²) in [7, 11) is 0. The zero-order chi connectivity index (χ0) is 18.2. The molecule has 1 saturated carbocycles. The van der Waals surface area contributed by atoms with Gasteiger partial charge in [0, 0.05) is 19.4 Å². The van der Waals surface area contributed by atoms with Crippen LogP contribution in [0.4, 0.5) is 0 Å². The van der Waals surface area contributed by atoms with Crippen LogP contribution in [0.5, 0.6) is 0 Å². The second kappa shape index (κ2) is 6.59. The normalized spacial score (nSPS) is 34.8. The van der Waals surface area contributed by atoms with Crippen LogP contribution in [0.15, 0.2) is 35.9 Å². The van der Waals surface area contributed by atoms with Gasteiger partial charge in [0.15, 0.2) is 5.60 Å². The van der Waals surface area contributed by atoms with E-state index < -0.39 is 11.1 Å². The molecule has 0 bridgehead atoms. The van der Waals surface area contributed by atoms with Gasteiger partial charge in [-0.3, -0.25) is 4.79 Å². The third kappa shape index (κ3) is 2.43. The van der Waals surface area contributed by atoms with Gasteiger partial charge in [-0.05, 0) is 42.7 Å². The fourth-order valence-corrected chi connectivity index (χ4v) is 5.39. The molecule has 3 atom stereocenters. The van der Waals surface area contributed by atoms with E-state index in [-0.39, 0.29) is 5.91 Å². The number of carbonyl (C=O) groups is 1. The quantitative estimate of drug-likeness (QED) is 0.784. The molecular weight excluding hydrogens is 322 g/mol. The van der Waals surface area contributed by atoms with Gasteiger partial charge in [0.2, 0.25) is 5.91 Å². The van der Waals surface area contributed by atoms with Crippen LogP contribution in [0.3, 0.4) is 0 Å². The summed E-state index contributed by atoms with van der Waals surface area (Å²) in [6, 6.07) is 10.1. The summed E-state index contributed by atoms with van der Waals surface area (Å²) in [4.78, 5) is 14.7. The standard InChI is InChI=1S/C23H27NO2/c1-2-3-13-23(26)20(16-18-9-5-4-6-10-18)17-19-11-7-8-15-24-21(25)12-14-22(19,23)24/h4-6,9-10,16,19,26H,2,7-8,11-12,14-15,17H2,1H3/b20-16+/t19-,22-,23+/m0/s1. The maximum atomic E-state index is 12.7. The number of nitrogens with zero attached hydrogens (tertiary/aromatic N) is 1. The molecular formula is C23H27NO2. The average Bonchev–Trinajstić information content (AvgIpc) is 3.01. The summed E-state index contributed by atoms with van der Waals surface area (Å²) in [6.07, 6.45) is 8.09. The summed E-state index contributed by atoms with van der Waals surface area (Å²) in [5.74, 6) is 6.86. The van der Waals surface area contributed by atoms with Gasteiger partial charge in [-0.15, -0.1) is 5.92 Å². The minimum atomic E-state index is -1.24. The van der Waals surface area contributed by atoms with E-state index in [1.165, 1.54) is 0 Å². The van der Waals surface area contributed by atoms with Crippen molar-refractivity contribution in [1.29, 1.82) is 0 Å². The molecule has 3 aliphatic rings. The van der Waals surface area contributed by atoms with Crippen LogP contribution in [0.2, 0.25) is 0 Å². The first-order chi connectivity index (χ1) is 12.6. The van der Waals surface area contributed by atoms with Gasteiger partial charge >= 0.3 is 0 Å². The van der Waals surface area contributed by atoms with E-state index in [1.807, 2.05) is 30.0 Å². The fourth-order valence-electron chi connectivity index (χ4n) is 5.39. The number of hydrogen-bond donors (Lipinski definition) is 1. The van der Waals surface area contributed by atoms with Crippen LogP contribution in [0.1, 0.15) is 57.4 Å². The molecule has 1 aromatic carbocycles. The summed E-state index contributed by atoms with van der Waals surface area (Å²) >= 11 is 0. The Kier molecular flexibility index (Phi) is 4.40. The van der Waals surface area contributed by atoms with Gasteiger partial charge in [0.25, 0.3) is 0 Å². The van der Waals surface area contributed by atoms with Gasteiger partial charge in [-0.2, -0.15) is 0 Å². The Labute approximate surface area is 156 Å². The Bertz CT molecular complexity index is 787. The highest BCUT2D eigenvalue weighted by Crippen LogP contribution is 2.58. The smallest absolute Gasteiger partial charge is 0.223 e. The zero-order valence-electron chi connectivity index (χ0n) is 15.5. The van der Waals surface area contributed by atoms with Crippen molar-refractivity contribution >= 4 is 12.0 Å². The Morgan fingerprint density at radius 1 is 1.31 bits per heavy atom. The summed E-state index contributed by atoms with van der Waals surface area (Å²) in [5.41, 5.74) is 0.294. The predicted molar refractivity (Wildman–Crippen MR) is 103 cm³/mol. The second-order valence-corrected chi connectivity index (χ2v) is 7.81. The molecule has 2 heterocycles. The lowest BCUT2D eigenvalue weighted by Crippen LogP contribution is -2.61. The minimum Gasteiger partial charge on any atom is -0.371 e. The highest BCUT2D eigenvalue weighted by atomic mass is 16.3. The van der Waals surface area contributed by atoms with E-state index in [2.05, 4.69) is 30.0 Å². The molecule has 1 spiro atoms. The average molecular weight is 349 g/mol. The molecule has 136 valence electrons. The van der Waals surface area contributed by atoms with E-state index in [4.69, 9.17) is 0 Å². The van der Waals surface area contributed by atoms with E-state index >= 15 is 0 Å². The molecule has 3 fully saturated rings. The first-order valence-electron chi connectivity index (χ1n) is 9.91. The van der Waals surface area contributed by atoms with Crippen LogP contribution < -0.4 is 0 Å². The maximum absolute atomic E-state index is 12.7. The Hall–Kier alpha value is -2.05. The summed E-state index contributed by atoms with van der Waals surface area (Å²) in [5, 5.41) is 12.0. The van der Waals surface area contributed by atoms with Crippen molar-refractivity contribution < 1.29 is 9.90 Å². The Morgan fingerprint density at radius 3 is 2.88 bits per heavy atom. The van der Waals surface area contributed by atoms with Crippen molar-refractivity contribution in [3.63, 3.8) is 0 Å². The Morgan fingerprint density at radius 2 is 2.12 bits per heavy atom. The third-order valence-corrected chi connectivity index (χ3v) is 6.51. The van der Waals surface area contributed by atoms with Crippen LogP contribution in [-0.2, 0) is 4.79 Å². The number of aliphatic hydroxyl groups is 1. The van der Waals surface area contributed by atoms with Crippen LogP contribution in [0.25, 0.3) is 6.08 Å². The number of carbonyl (C=O) groups excluding carboxylic acids is 1. The van der Waals surface area contributed by atoms with Crippen LogP contribution in [0, 0.1) is 17.8 Å². The van der Waals surface area contributed by atoms with Gasteiger partial charge in [0.1, 0.15) is 0 Å². The zero-order valence-corrected chi connectivity index (χ0v) is 15.5. The molecule has 26 heavy (non-hydrogen) atoms. The molecule has 1 amide bonds. The molecule has 1 N–H and O–H groups in total. The van der Waals surface area contributed by atoms with Gasteiger partial charge in [-0.25, -0.2) is 0 Å². The summed E-state index contributed by atoms with van der Waals surface area (Å²) < 4.78 is 0. The predicted octanol–water partition coefficient (Wildman–Crippen LogP) is 3.78. The second-order valence-electron chi connectivity index (χ2n) is 7.81. The molecule has 3 nitrogen and oxygen atoms in total. The van der Waals surface area contributed by atoms with Crippen molar-refractivity contribution in [1.82, 2.24) is 4.90 Å². The first kappa shape index (κ1) is 17.4. The summed E-state index contributed by atoms with van der Waals surface area (Å²) in [6.45, 7) is 2.76. The van der Waals surface area contributed by atoms with E-state index in [9.17, 15) is 9.90 Å². The number of amides is 1. The Balaban J connectivity index is 1.88. The molecule has 1 aromatic rings. The number of rotatable bonds is 1. The van der Waals surface area contributed by atoms with Crippen molar-refractivity contribution in [2.45, 2.75) is 63.0 Å². The van der Waals surface area contributed by atoms with Gasteiger partial charge in [-0.1, -0.05) is 55.7 Å². The lowest BCUT2D eigenvalue weighted by Gasteiger charge is -2.45. The third-order valence-electron chi connectivity index (χ3n) is 6.51. The molecule has 0 aromatic heterocycles. The first-order valence-corrected chi connectivity index (χ1v) is 9.91. The molecule has 2 saturated heterocycles. The largest absolute Gasteiger partial charge is 0.371 e. The maximum Gasteiger partial charge on any atom is 0.223 e. The van der Waals surface area contributed by atoms with Crippen molar-refractivity contribution in [2.75, 3.05) is 6.54 Å². The molecule has 0 unspecified atom stereocenters. The molecule has 0 radical (unpaired) electrons. The molecule has 3 heteroatoms. The minimum absolute atomic E-state index is 0.189. The van der Waals surface area contributed by atoms with E-state index in [0.29, 0.717) is 18.8 Å². The van der Waals surface area contributed by atoms with Crippen molar-refractivity contribution in [2.24, 2.45) is 5.92 Å².